The highest BCUT2D eigenvalue weighted by Gasteiger charge is 2.30. The molecular formula is C26H27NO5S. The van der Waals surface area contributed by atoms with Crippen LogP contribution in [0.1, 0.15) is 23.6 Å². The summed E-state index contributed by atoms with van der Waals surface area (Å²) < 4.78 is 38.7. The second-order valence-electron chi connectivity index (χ2n) is 7.39. The van der Waals surface area contributed by atoms with Crippen molar-refractivity contribution >= 4 is 27.7 Å². The van der Waals surface area contributed by atoms with E-state index in [0.29, 0.717) is 34.9 Å². The summed E-state index contributed by atoms with van der Waals surface area (Å²) in [5.41, 5.74) is 2.50. The van der Waals surface area contributed by atoms with Gasteiger partial charge < -0.3 is 9.47 Å². The summed E-state index contributed by atoms with van der Waals surface area (Å²) in [5, 5.41) is 0. The smallest absolute Gasteiger partial charge is 0.271 e. The topological polar surface area (TPSA) is 72.9 Å². The highest BCUT2D eigenvalue weighted by Crippen LogP contribution is 2.30. The Labute approximate surface area is 195 Å². The average Bonchev–Trinajstić information content (AvgIpc) is 2.81. The van der Waals surface area contributed by atoms with Gasteiger partial charge in [-0.25, -0.2) is 8.42 Å². The van der Waals surface area contributed by atoms with Crippen LogP contribution < -0.4 is 13.8 Å². The second kappa shape index (κ2) is 10.4. The van der Waals surface area contributed by atoms with Crippen molar-refractivity contribution < 1.29 is 22.7 Å². The molecule has 6 nitrogen and oxygen atoms in total. The van der Waals surface area contributed by atoms with Gasteiger partial charge in [-0.3, -0.25) is 4.79 Å². The van der Waals surface area contributed by atoms with Gasteiger partial charge in [0.1, 0.15) is 0 Å². The third kappa shape index (κ3) is 5.43. The number of rotatable bonds is 8. The molecule has 0 unspecified atom stereocenters. The molecule has 0 saturated carbocycles. The number of carbonyl (C=O) groups excluding carboxylic acids is 1. The molecule has 3 aromatic rings. The van der Waals surface area contributed by atoms with E-state index in [0.717, 1.165) is 9.87 Å². The number of ether oxygens (including phenoxy) is 2. The summed E-state index contributed by atoms with van der Waals surface area (Å²) in [4.78, 5) is 13.4. The van der Waals surface area contributed by atoms with Crippen molar-refractivity contribution in [3.05, 3.63) is 89.5 Å². The Morgan fingerprint density at radius 2 is 1.70 bits per heavy atom. The maximum absolute atomic E-state index is 13.5. The molecule has 1 amide bonds. The van der Waals surface area contributed by atoms with Crippen molar-refractivity contribution in [2.75, 3.05) is 18.0 Å². The van der Waals surface area contributed by atoms with Crippen molar-refractivity contribution in [2.24, 2.45) is 0 Å². The lowest BCUT2D eigenvalue weighted by molar-refractivity contribution is -0.113. The lowest BCUT2D eigenvalue weighted by Crippen LogP contribution is -2.36. The summed E-state index contributed by atoms with van der Waals surface area (Å²) in [5.74, 6) is 0.433. The maximum atomic E-state index is 13.5. The first-order valence-corrected chi connectivity index (χ1v) is 11.9. The number of nitrogens with zero attached hydrogens (tertiary/aromatic N) is 1. The van der Waals surface area contributed by atoms with Gasteiger partial charge >= 0.3 is 0 Å². The fraction of sp³-hybridized carbons (Fsp3) is 0.192. The minimum Gasteiger partial charge on any atom is -0.493 e. The summed E-state index contributed by atoms with van der Waals surface area (Å²) >= 11 is 0. The van der Waals surface area contributed by atoms with Gasteiger partial charge in [-0.2, -0.15) is 4.31 Å². The minimum atomic E-state index is -4.14. The molecule has 7 heteroatoms. The Kier molecular flexibility index (Phi) is 7.55. The van der Waals surface area contributed by atoms with Crippen LogP contribution in [0.15, 0.2) is 77.7 Å². The first-order chi connectivity index (χ1) is 15.8. The zero-order chi connectivity index (χ0) is 24.0. The third-order valence-electron chi connectivity index (χ3n) is 4.97. The Morgan fingerprint density at radius 1 is 0.970 bits per heavy atom. The summed E-state index contributed by atoms with van der Waals surface area (Å²) in [6.07, 6.45) is 2.80. The first kappa shape index (κ1) is 24.1. The fourth-order valence-corrected chi connectivity index (χ4v) is 4.77. The molecule has 0 spiro atoms. The largest absolute Gasteiger partial charge is 0.493 e. The molecule has 0 aliphatic rings. The maximum Gasteiger partial charge on any atom is 0.271 e. The van der Waals surface area contributed by atoms with E-state index in [-0.39, 0.29) is 4.90 Å². The number of methoxy groups -OCH3 is 1. The van der Waals surface area contributed by atoms with E-state index in [1.54, 1.807) is 61.5 Å². The number of hydrogen-bond donors (Lipinski definition) is 0. The zero-order valence-corrected chi connectivity index (χ0v) is 19.9. The SMILES string of the molecule is CCOc1ccc(/C=C/C(=O)N(c2cc(C)ccc2C)S(=O)(=O)c2ccccc2)cc1OC. The van der Waals surface area contributed by atoms with Crippen LogP contribution in [-0.4, -0.2) is 28.0 Å². The molecule has 0 bridgehead atoms. The Bertz CT molecular complexity index is 1270. The van der Waals surface area contributed by atoms with E-state index >= 15 is 0 Å². The quantitative estimate of drug-likeness (QED) is 0.431. The number of anilines is 1. The monoisotopic (exact) mass is 465 g/mol. The fourth-order valence-electron chi connectivity index (χ4n) is 3.30. The lowest BCUT2D eigenvalue weighted by atomic mass is 10.1. The van der Waals surface area contributed by atoms with Crippen LogP contribution in [0.3, 0.4) is 0 Å². The molecule has 33 heavy (non-hydrogen) atoms. The highest BCUT2D eigenvalue weighted by molar-refractivity contribution is 7.93. The van der Waals surface area contributed by atoms with E-state index in [4.69, 9.17) is 9.47 Å². The molecule has 3 rings (SSSR count). The normalized spacial score (nSPS) is 11.4. The molecule has 0 saturated heterocycles. The van der Waals surface area contributed by atoms with Crippen LogP contribution in [0.2, 0.25) is 0 Å². The van der Waals surface area contributed by atoms with E-state index in [2.05, 4.69) is 0 Å². The van der Waals surface area contributed by atoms with Gasteiger partial charge in [0.15, 0.2) is 11.5 Å². The number of aryl methyl sites for hydroxylation is 2. The molecule has 172 valence electrons. The van der Waals surface area contributed by atoms with Crippen molar-refractivity contribution in [3.63, 3.8) is 0 Å². The number of amides is 1. The summed E-state index contributed by atoms with van der Waals surface area (Å²) in [6, 6.07) is 18.5. The molecule has 0 radical (unpaired) electrons. The van der Waals surface area contributed by atoms with Gasteiger partial charge in [0.05, 0.1) is 24.3 Å². The molecule has 0 fully saturated rings. The molecule has 0 aromatic heterocycles. The van der Waals surface area contributed by atoms with Crippen LogP contribution in [-0.2, 0) is 14.8 Å². The van der Waals surface area contributed by atoms with Gasteiger partial charge in [0.2, 0.25) is 0 Å². The van der Waals surface area contributed by atoms with Crippen molar-refractivity contribution in [1.29, 1.82) is 0 Å². The van der Waals surface area contributed by atoms with Crippen molar-refractivity contribution in [1.82, 2.24) is 0 Å². The highest BCUT2D eigenvalue weighted by atomic mass is 32.2. The Morgan fingerprint density at radius 3 is 2.36 bits per heavy atom. The van der Waals surface area contributed by atoms with E-state index < -0.39 is 15.9 Å². The van der Waals surface area contributed by atoms with Crippen LogP contribution in [0.5, 0.6) is 11.5 Å². The van der Waals surface area contributed by atoms with Gasteiger partial charge in [0, 0.05) is 6.08 Å². The second-order valence-corrected chi connectivity index (χ2v) is 9.17. The minimum absolute atomic E-state index is 0.0374. The summed E-state index contributed by atoms with van der Waals surface area (Å²) in [7, 11) is -2.60. The predicted octanol–water partition coefficient (Wildman–Crippen LogP) is 5.15. The zero-order valence-electron chi connectivity index (χ0n) is 19.1. The van der Waals surface area contributed by atoms with Gasteiger partial charge in [-0.05, 0) is 73.9 Å². The molecular weight excluding hydrogens is 438 g/mol. The molecule has 0 heterocycles. The number of carbonyl (C=O) groups is 1. The lowest BCUT2D eigenvalue weighted by Gasteiger charge is -2.23. The van der Waals surface area contributed by atoms with E-state index in [1.165, 1.54) is 25.3 Å². The Balaban J connectivity index is 2.04. The number of benzene rings is 3. The number of hydrogen-bond acceptors (Lipinski definition) is 5. The standard InChI is InChI=1S/C26H27NO5S/c1-5-32-24-15-13-21(18-25(24)31-4)14-16-26(28)27(23-17-19(2)11-12-20(23)3)33(29,30)22-9-7-6-8-10-22/h6-18H,5H2,1-4H3/b16-14+. The molecule has 0 atom stereocenters. The van der Waals surface area contributed by atoms with E-state index in [9.17, 15) is 13.2 Å². The molecule has 0 aliphatic heterocycles. The van der Waals surface area contributed by atoms with Crippen LogP contribution in [0.25, 0.3) is 6.08 Å². The third-order valence-corrected chi connectivity index (χ3v) is 6.70. The Hall–Kier alpha value is -3.58. The molecule has 0 aliphatic carbocycles. The van der Waals surface area contributed by atoms with E-state index in [1.807, 2.05) is 19.9 Å². The van der Waals surface area contributed by atoms with Crippen molar-refractivity contribution in [2.45, 2.75) is 25.7 Å². The number of sulfonamides is 1. The van der Waals surface area contributed by atoms with Gasteiger partial charge in [-0.1, -0.05) is 36.4 Å². The summed E-state index contributed by atoms with van der Waals surface area (Å²) in [6.45, 7) is 5.99. The van der Waals surface area contributed by atoms with Gasteiger partial charge in [-0.15, -0.1) is 0 Å². The van der Waals surface area contributed by atoms with Gasteiger partial charge in [0.25, 0.3) is 15.9 Å². The van der Waals surface area contributed by atoms with Crippen LogP contribution in [0, 0.1) is 13.8 Å². The van der Waals surface area contributed by atoms with Crippen LogP contribution in [0.4, 0.5) is 5.69 Å². The predicted molar refractivity (Wildman–Crippen MR) is 130 cm³/mol. The molecule has 3 aromatic carbocycles. The van der Waals surface area contributed by atoms with Crippen molar-refractivity contribution in [3.8, 4) is 11.5 Å². The molecule has 0 N–H and O–H groups in total. The van der Waals surface area contributed by atoms with Crippen LogP contribution >= 0.6 is 0 Å². The first-order valence-electron chi connectivity index (χ1n) is 10.5. The average molecular weight is 466 g/mol.